The first-order chi connectivity index (χ1) is 12.0. The molecule has 0 spiro atoms. The quantitative estimate of drug-likeness (QED) is 0.571. The Bertz CT molecular complexity index is 833. The number of ether oxygens (including phenoxy) is 1. The van der Waals surface area contributed by atoms with Crippen LogP contribution >= 0.6 is 11.8 Å². The molecule has 0 fully saturated rings. The average molecular weight is 354 g/mol. The van der Waals surface area contributed by atoms with Gasteiger partial charge < -0.3 is 9.15 Å². The van der Waals surface area contributed by atoms with E-state index in [2.05, 4.69) is 43.1 Å². The number of rotatable bonds is 6. The van der Waals surface area contributed by atoms with Crippen molar-refractivity contribution in [2.24, 2.45) is 0 Å². The van der Waals surface area contributed by atoms with Crippen molar-refractivity contribution in [1.29, 1.82) is 0 Å². The molecule has 0 amide bonds. The highest BCUT2D eigenvalue weighted by atomic mass is 32.2. The zero-order chi connectivity index (χ0) is 17.8. The molecule has 0 unspecified atom stereocenters. The van der Waals surface area contributed by atoms with Crippen molar-refractivity contribution in [2.45, 2.75) is 45.3 Å². The summed E-state index contributed by atoms with van der Waals surface area (Å²) in [5.41, 5.74) is 6.41. The lowest BCUT2D eigenvalue weighted by molar-refractivity contribution is 0.252. The van der Waals surface area contributed by atoms with Crippen molar-refractivity contribution >= 4 is 11.8 Å². The second-order valence-corrected chi connectivity index (χ2v) is 7.16. The van der Waals surface area contributed by atoms with Crippen molar-refractivity contribution in [1.82, 2.24) is 10.2 Å². The number of aromatic nitrogens is 2. The van der Waals surface area contributed by atoms with Crippen LogP contribution in [0.2, 0.25) is 0 Å². The third kappa shape index (κ3) is 4.63. The summed E-state index contributed by atoms with van der Waals surface area (Å²) < 4.78 is 11.3. The van der Waals surface area contributed by atoms with Crippen molar-refractivity contribution in [3.8, 4) is 5.75 Å². The van der Waals surface area contributed by atoms with E-state index in [1.54, 1.807) is 11.8 Å². The standard InChI is InChI=1S/C20H22N2O2S/c1-13-5-7-17(8-6-13)23-11-19-21-22-20(24-19)25-12-18-15(3)9-14(2)10-16(18)4/h5-10H,11-12H2,1-4H3. The Balaban J connectivity index is 1.58. The van der Waals surface area contributed by atoms with E-state index in [0.29, 0.717) is 11.1 Å². The molecule has 1 aromatic heterocycles. The summed E-state index contributed by atoms with van der Waals surface area (Å²) in [7, 11) is 0. The van der Waals surface area contributed by atoms with Gasteiger partial charge in [0, 0.05) is 5.75 Å². The SMILES string of the molecule is Cc1ccc(OCc2nnc(SCc3c(C)cc(C)cc3C)o2)cc1. The fourth-order valence-corrected chi connectivity index (χ4v) is 3.68. The molecule has 4 nitrogen and oxygen atoms in total. The van der Waals surface area contributed by atoms with Gasteiger partial charge in [-0.3, -0.25) is 0 Å². The van der Waals surface area contributed by atoms with Gasteiger partial charge in [-0.15, -0.1) is 10.2 Å². The molecule has 25 heavy (non-hydrogen) atoms. The molecule has 0 aliphatic heterocycles. The lowest BCUT2D eigenvalue weighted by Crippen LogP contribution is -1.95. The molecule has 2 aromatic carbocycles. The first-order valence-corrected chi connectivity index (χ1v) is 9.21. The summed E-state index contributed by atoms with van der Waals surface area (Å²) in [6, 6.07) is 12.3. The van der Waals surface area contributed by atoms with Crippen molar-refractivity contribution in [3.05, 3.63) is 70.1 Å². The number of hydrogen-bond acceptors (Lipinski definition) is 5. The van der Waals surface area contributed by atoms with E-state index in [9.17, 15) is 0 Å². The maximum Gasteiger partial charge on any atom is 0.277 e. The molecule has 0 saturated heterocycles. The maximum absolute atomic E-state index is 5.67. The van der Waals surface area contributed by atoms with Crippen molar-refractivity contribution in [2.75, 3.05) is 0 Å². The Morgan fingerprint density at radius 2 is 1.60 bits per heavy atom. The monoisotopic (exact) mass is 354 g/mol. The minimum Gasteiger partial charge on any atom is -0.484 e. The molecular weight excluding hydrogens is 332 g/mol. The highest BCUT2D eigenvalue weighted by molar-refractivity contribution is 7.98. The van der Waals surface area contributed by atoms with Crippen LogP contribution in [0.25, 0.3) is 0 Å². The molecule has 0 aliphatic rings. The maximum atomic E-state index is 5.67. The number of nitrogens with zero attached hydrogens (tertiary/aromatic N) is 2. The Hall–Kier alpha value is -2.27. The zero-order valence-electron chi connectivity index (χ0n) is 15.0. The molecule has 0 atom stereocenters. The van der Waals surface area contributed by atoms with Crippen LogP contribution in [0.5, 0.6) is 5.75 Å². The molecule has 5 heteroatoms. The topological polar surface area (TPSA) is 48.2 Å². The second kappa shape index (κ2) is 7.74. The summed E-state index contributed by atoms with van der Waals surface area (Å²) in [6.45, 7) is 8.73. The van der Waals surface area contributed by atoms with E-state index in [0.717, 1.165) is 11.5 Å². The smallest absolute Gasteiger partial charge is 0.277 e. The number of benzene rings is 2. The van der Waals surface area contributed by atoms with Gasteiger partial charge in [0.05, 0.1) is 0 Å². The van der Waals surface area contributed by atoms with Crippen LogP contribution in [0.3, 0.4) is 0 Å². The fraction of sp³-hybridized carbons (Fsp3) is 0.300. The molecule has 0 radical (unpaired) electrons. The molecule has 3 aromatic rings. The first kappa shape index (κ1) is 17.5. The summed E-state index contributed by atoms with van der Waals surface area (Å²) in [6.07, 6.45) is 0. The Kier molecular flexibility index (Phi) is 5.43. The van der Waals surface area contributed by atoms with Gasteiger partial charge in [-0.2, -0.15) is 0 Å². The highest BCUT2D eigenvalue weighted by Crippen LogP contribution is 2.26. The van der Waals surface area contributed by atoms with E-state index < -0.39 is 0 Å². The van der Waals surface area contributed by atoms with Crippen LogP contribution in [0.15, 0.2) is 46.0 Å². The van der Waals surface area contributed by atoms with Crippen LogP contribution in [-0.4, -0.2) is 10.2 Å². The summed E-state index contributed by atoms with van der Waals surface area (Å²) >= 11 is 1.56. The predicted molar refractivity (Wildman–Crippen MR) is 100 cm³/mol. The summed E-state index contributed by atoms with van der Waals surface area (Å²) in [5.74, 6) is 2.10. The van der Waals surface area contributed by atoms with Crippen LogP contribution in [0.4, 0.5) is 0 Å². The summed E-state index contributed by atoms with van der Waals surface area (Å²) in [4.78, 5) is 0. The van der Waals surface area contributed by atoms with E-state index in [4.69, 9.17) is 9.15 Å². The van der Waals surface area contributed by atoms with Crippen molar-refractivity contribution < 1.29 is 9.15 Å². The third-order valence-electron chi connectivity index (χ3n) is 4.01. The van der Waals surface area contributed by atoms with Crippen LogP contribution in [0, 0.1) is 27.7 Å². The van der Waals surface area contributed by atoms with Gasteiger partial charge in [-0.05, 0) is 56.5 Å². The zero-order valence-corrected chi connectivity index (χ0v) is 15.8. The summed E-state index contributed by atoms with van der Waals surface area (Å²) in [5, 5.41) is 8.73. The van der Waals surface area contributed by atoms with Gasteiger partial charge in [0.2, 0.25) is 0 Å². The second-order valence-electron chi connectivity index (χ2n) is 6.23. The van der Waals surface area contributed by atoms with Crippen LogP contribution in [-0.2, 0) is 12.4 Å². The third-order valence-corrected chi connectivity index (χ3v) is 4.86. The van der Waals surface area contributed by atoms with Crippen LogP contribution < -0.4 is 4.74 Å². The molecule has 130 valence electrons. The number of thioether (sulfide) groups is 1. The largest absolute Gasteiger partial charge is 0.484 e. The van der Waals surface area contributed by atoms with E-state index in [1.807, 2.05) is 31.2 Å². The molecule has 0 saturated carbocycles. The fourth-order valence-electron chi connectivity index (χ4n) is 2.71. The minimum absolute atomic E-state index is 0.277. The molecule has 0 bridgehead atoms. The Labute approximate surface area is 152 Å². The van der Waals surface area contributed by atoms with Gasteiger partial charge in [0.15, 0.2) is 6.61 Å². The van der Waals surface area contributed by atoms with Gasteiger partial charge >= 0.3 is 0 Å². The Morgan fingerprint density at radius 1 is 0.920 bits per heavy atom. The van der Waals surface area contributed by atoms with Gasteiger partial charge in [-0.25, -0.2) is 0 Å². The predicted octanol–water partition coefficient (Wildman–Crippen LogP) is 5.17. The number of aryl methyl sites for hydroxylation is 4. The average Bonchev–Trinajstić information content (AvgIpc) is 3.01. The van der Waals surface area contributed by atoms with E-state index >= 15 is 0 Å². The number of hydrogen-bond donors (Lipinski definition) is 0. The van der Waals surface area contributed by atoms with Gasteiger partial charge in [0.25, 0.3) is 11.1 Å². The molecular formula is C20H22N2O2S. The Morgan fingerprint density at radius 3 is 2.28 bits per heavy atom. The molecule has 1 heterocycles. The van der Waals surface area contributed by atoms with Gasteiger partial charge in [-0.1, -0.05) is 47.2 Å². The normalized spacial score (nSPS) is 10.9. The van der Waals surface area contributed by atoms with E-state index in [-0.39, 0.29) is 6.61 Å². The van der Waals surface area contributed by atoms with Gasteiger partial charge in [0.1, 0.15) is 5.75 Å². The molecule has 0 aliphatic carbocycles. The highest BCUT2D eigenvalue weighted by Gasteiger charge is 2.10. The van der Waals surface area contributed by atoms with Crippen molar-refractivity contribution in [3.63, 3.8) is 0 Å². The molecule has 0 N–H and O–H groups in total. The van der Waals surface area contributed by atoms with E-state index in [1.165, 1.54) is 27.8 Å². The lowest BCUT2D eigenvalue weighted by atomic mass is 10.0. The van der Waals surface area contributed by atoms with Crippen LogP contribution in [0.1, 0.15) is 33.7 Å². The minimum atomic E-state index is 0.277. The first-order valence-electron chi connectivity index (χ1n) is 8.22. The molecule has 3 rings (SSSR count). The lowest BCUT2D eigenvalue weighted by Gasteiger charge is -2.09.